The number of aliphatic carboxylic acids is 2. The molecule has 4 atom stereocenters. The van der Waals surface area contributed by atoms with Crippen LogP contribution in [0.4, 0.5) is 0 Å². The van der Waals surface area contributed by atoms with E-state index in [9.17, 15) is 38.7 Å². The first-order valence-electron chi connectivity index (χ1n) is 11.7. The lowest BCUT2D eigenvalue weighted by atomic mass is 10.0. The molecule has 0 spiro atoms. The molecule has 0 unspecified atom stereocenters. The zero-order valence-electron chi connectivity index (χ0n) is 20.4. The van der Waals surface area contributed by atoms with Gasteiger partial charge in [0, 0.05) is 19.3 Å². The van der Waals surface area contributed by atoms with Gasteiger partial charge in [-0.15, -0.1) is 0 Å². The number of nitrogens with two attached hydrogens (primary N) is 4. The molecule has 0 radical (unpaired) electrons. The van der Waals surface area contributed by atoms with Gasteiger partial charge in [0.25, 0.3) is 0 Å². The first-order valence-corrected chi connectivity index (χ1v) is 11.7. The summed E-state index contributed by atoms with van der Waals surface area (Å²) < 4.78 is 0. The zero-order chi connectivity index (χ0) is 28.5. The van der Waals surface area contributed by atoms with Crippen molar-refractivity contribution in [3.63, 3.8) is 0 Å². The predicted molar refractivity (Wildman–Crippen MR) is 128 cm³/mol. The highest BCUT2D eigenvalue weighted by Gasteiger charge is 2.30. The van der Waals surface area contributed by atoms with Crippen molar-refractivity contribution in [2.75, 3.05) is 6.54 Å². The van der Waals surface area contributed by atoms with Gasteiger partial charge in [-0.05, 0) is 45.1 Å². The van der Waals surface area contributed by atoms with Crippen LogP contribution in [0.5, 0.6) is 0 Å². The van der Waals surface area contributed by atoms with E-state index in [0.717, 1.165) is 0 Å². The topological polar surface area (TPSA) is 300 Å². The highest BCUT2D eigenvalue weighted by molar-refractivity contribution is 5.94. The van der Waals surface area contributed by atoms with Crippen LogP contribution in [-0.2, 0) is 33.6 Å². The molecule has 0 aliphatic heterocycles. The van der Waals surface area contributed by atoms with Gasteiger partial charge in [-0.3, -0.25) is 28.8 Å². The fourth-order valence-corrected chi connectivity index (χ4v) is 3.09. The van der Waals surface area contributed by atoms with Gasteiger partial charge < -0.3 is 49.1 Å². The van der Waals surface area contributed by atoms with E-state index in [1.165, 1.54) is 0 Å². The number of unbranched alkanes of at least 4 members (excludes halogenated alkanes) is 1. The molecule has 0 saturated carbocycles. The fourth-order valence-electron chi connectivity index (χ4n) is 3.09. The number of carboxylic acid groups (broad SMARTS) is 2. The lowest BCUT2D eigenvalue weighted by Gasteiger charge is -2.25. The van der Waals surface area contributed by atoms with E-state index in [1.54, 1.807) is 0 Å². The van der Waals surface area contributed by atoms with Gasteiger partial charge in [-0.1, -0.05) is 0 Å². The maximum Gasteiger partial charge on any atom is 0.326 e. The summed E-state index contributed by atoms with van der Waals surface area (Å²) in [5, 5.41) is 25.0. The van der Waals surface area contributed by atoms with Crippen LogP contribution in [0, 0.1) is 0 Å². The summed E-state index contributed by atoms with van der Waals surface area (Å²) in [6.45, 7) is 0.316. The third-order valence-corrected chi connectivity index (χ3v) is 5.19. The molecule has 13 N–H and O–H groups in total. The van der Waals surface area contributed by atoms with Crippen molar-refractivity contribution in [2.24, 2.45) is 22.9 Å². The summed E-state index contributed by atoms with van der Waals surface area (Å²) in [4.78, 5) is 82.6. The average Bonchev–Trinajstić information content (AvgIpc) is 2.81. The van der Waals surface area contributed by atoms with Crippen molar-refractivity contribution in [3.8, 4) is 0 Å². The first-order chi connectivity index (χ1) is 17.3. The van der Waals surface area contributed by atoms with E-state index in [-0.39, 0.29) is 32.1 Å². The van der Waals surface area contributed by atoms with Gasteiger partial charge >= 0.3 is 11.9 Å². The molecule has 210 valence electrons. The Morgan fingerprint density at radius 1 is 0.622 bits per heavy atom. The summed E-state index contributed by atoms with van der Waals surface area (Å²) in [6.07, 6.45) is -0.766. The van der Waals surface area contributed by atoms with Crippen LogP contribution in [0.3, 0.4) is 0 Å². The van der Waals surface area contributed by atoms with Crippen LogP contribution in [0.25, 0.3) is 0 Å². The smallest absolute Gasteiger partial charge is 0.326 e. The Morgan fingerprint density at radius 2 is 1.08 bits per heavy atom. The number of hydrogen-bond donors (Lipinski definition) is 9. The third kappa shape index (κ3) is 15.0. The number of rotatable bonds is 20. The van der Waals surface area contributed by atoms with Crippen LogP contribution < -0.4 is 38.9 Å². The van der Waals surface area contributed by atoms with Gasteiger partial charge in [0.1, 0.15) is 18.1 Å². The van der Waals surface area contributed by atoms with Crippen molar-refractivity contribution in [3.05, 3.63) is 0 Å². The van der Waals surface area contributed by atoms with E-state index >= 15 is 0 Å². The number of amides is 5. The van der Waals surface area contributed by atoms with Gasteiger partial charge in [-0.25, -0.2) is 4.79 Å². The number of nitrogens with one attached hydrogen (secondary N) is 3. The second-order valence-electron chi connectivity index (χ2n) is 8.36. The lowest BCUT2D eigenvalue weighted by Crippen LogP contribution is -2.57. The Bertz CT molecular complexity index is 837. The Labute approximate surface area is 213 Å². The Kier molecular flexibility index (Phi) is 15.8. The Hall–Kier alpha value is -3.79. The first kappa shape index (κ1) is 33.2. The molecule has 0 rings (SSSR count). The second kappa shape index (κ2) is 17.6. The van der Waals surface area contributed by atoms with Gasteiger partial charge in [0.05, 0.1) is 6.04 Å². The van der Waals surface area contributed by atoms with Crippen LogP contribution in [-0.4, -0.2) is 82.4 Å². The van der Waals surface area contributed by atoms with Gasteiger partial charge in [0.2, 0.25) is 29.5 Å². The van der Waals surface area contributed by atoms with Gasteiger partial charge in [-0.2, -0.15) is 0 Å². The fraction of sp³-hybridized carbons (Fsp3) is 0.667. The van der Waals surface area contributed by atoms with Crippen molar-refractivity contribution < 1.29 is 43.8 Å². The van der Waals surface area contributed by atoms with Gasteiger partial charge in [0.15, 0.2) is 0 Å². The molecule has 16 nitrogen and oxygen atoms in total. The second-order valence-corrected chi connectivity index (χ2v) is 8.36. The standard InChI is InChI=1S/C21H37N7O9/c22-10-2-1-3-12(26-18(33)11(23)4-7-15(24)29)19(34)27-13(5-8-16(25)30)20(35)28-14(21(36)37)6-9-17(31)32/h11-14H,1-10,22-23H2,(H2,24,29)(H2,25,30)(H,26,33)(H,27,34)(H,28,35)(H,31,32)(H,36,37)/t11-,12-,13-,14-/m0/s1. The minimum absolute atomic E-state index is 0.0606. The van der Waals surface area contributed by atoms with E-state index in [4.69, 9.17) is 28.0 Å². The SMILES string of the molecule is NCCCC[C@H](NC(=O)[C@@H](N)CCC(N)=O)C(=O)N[C@@H](CCC(N)=O)C(=O)N[C@@H](CCC(=O)O)C(=O)O. The number of primary amides is 2. The van der Waals surface area contributed by atoms with Crippen molar-refractivity contribution >= 4 is 41.5 Å². The molecular formula is C21H37N7O9. The Balaban J connectivity index is 5.58. The molecule has 0 aromatic rings. The molecule has 5 amide bonds. The average molecular weight is 532 g/mol. The van der Waals surface area contributed by atoms with E-state index in [1.807, 2.05) is 0 Å². The number of hydrogen-bond acceptors (Lipinski definition) is 9. The molecule has 0 aliphatic rings. The van der Waals surface area contributed by atoms with Crippen LogP contribution in [0.1, 0.15) is 57.8 Å². The maximum absolute atomic E-state index is 13.0. The molecule has 0 fully saturated rings. The third-order valence-electron chi connectivity index (χ3n) is 5.19. The van der Waals surface area contributed by atoms with Crippen molar-refractivity contribution in [1.29, 1.82) is 0 Å². The van der Waals surface area contributed by atoms with E-state index < -0.39 is 78.5 Å². The molecule has 37 heavy (non-hydrogen) atoms. The Morgan fingerprint density at radius 3 is 1.57 bits per heavy atom. The largest absolute Gasteiger partial charge is 0.481 e. The van der Waals surface area contributed by atoms with Crippen LogP contribution in [0.15, 0.2) is 0 Å². The molecule has 0 aliphatic carbocycles. The zero-order valence-corrected chi connectivity index (χ0v) is 20.4. The monoisotopic (exact) mass is 531 g/mol. The lowest BCUT2D eigenvalue weighted by molar-refractivity contribution is -0.143. The molecule has 0 saturated heterocycles. The predicted octanol–water partition coefficient (Wildman–Crippen LogP) is -3.62. The normalized spacial score (nSPS) is 13.9. The number of carboxylic acids is 2. The quantitative estimate of drug-likeness (QED) is 0.0690. The maximum atomic E-state index is 13.0. The minimum Gasteiger partial charge on any atom is -0.481 e. The molecule has 0 heterocycles. The van der Waals surface area contributed by atoms with Crippen LogP contribution in [0.2, 0.25) is 0 Å². The number of carbonyl (C=O) groups is 7. The van der Waals surface area contributed by atoms with Crippen LogP contribution >= 0.6 is 0 Å². The molecule has 16 heteroatoms. The molecule has 0 bridgehead atoms. The summed E-state index contributed by atoms with van der Waals surface area (Å²) in [5.74, 6) is -6.78. The summed E-state index contributed by atoms with van der Waals surface area (Å²) in [5.41, 5.74) is 21.4. The van der Waals surface area contributed by atoms with E-state index in [0.29, 0.717) is 19.4 Å². The molecular weight excluding hydrogens is 494 g/mol. The summed E-state index contributed by atoms with van der Waals surface area (Å²) in [7, 11) is 0. The minimum atomic E-state index is -1.57. The summed E-state index contributed by atoms with van der Waals surface area (Å²) >= 11 is 0. The highest BCUT2D eigenvalue weighted by Crippen LogP contribution is 2.07. The highest BCUT2D eigenvalue weighted by atomic mass is 16.4. The number of carbonyl (C=O) groups excluding carboxylic acids is 5. The van der Waals surface area contributed by atoms with E-state index in [2.05, 4.69) is 16.0 Å². The molecule has 0 aromatic carbocycles. The molecule has 0 aromatic heterocycles. The summed E-state index contributed by atoms with van der Waals surface area (Å²) in [6, 6.07) is -5.31. The van der Waals surface area contributed by atoms with Crippen molar-refractivity contribution in [2.45, 2.75) is 82.0 Å². The van der Waals surface area contributed by atoms with Crippen molar-refractivity contribution in [1.82, 2.24) is 16.0 Å².